The van der Waals surface area contributed by atoms with Crippen LogP contribution < -0.4 is 10.6 Å². The highest BCUT2D eigenvalue weighted by Crippen LogP contribution is 2.42. The molecule has 0 fully saturated rings. The molecule has 0 amide bonds. The minimum absolute atomic E-state index is 0.0864. The molecule has 2 aromatic carbocycles. The summed E-state index contributed by atoms with van der Waals surface area (Å²) in [4.78, 5) is 1.93. The normalized spacial score (nSPS) is 17.4. The van der Waals surface area contributed by atoms with E-state index in [-0.39, 0.29) is 11.9 Å². The Balaban J connectivity index is 2.09. The van der Waals surface area contributed by atoms with Crippen molar-refractivity contribution in [2.45, 2.75) is 12.6 Å². The van der Waals surface area contributed by atoms with Crippen LogP contribution in [-0.4, -0.2) is 6.54 Å². The van der Waals surface area contributed by atoms with Crippen molar-refractivity contribution < 1.29 is 4.39 Å². The number of anilines is 1. The highest BCUT2D eigenvalue weighted by molar-refractivity contribution is 6.42. The van der Waals surface area contributed by atoms with E-state index < -0.39 is 0 Å². The number of nitrogens with zero attached hydrogens (tertiary/aromatic N) is 1. The molecule has 0 bridgehead atoms. The van der Waals surface area contributed by atoms with E-state index in [1.54, 1.807) is 18.2 Å². The van der Waals surface area contributed by atoms with Gasteiger partial charge in [0, 0.05) is 13.1 Å². The van der Waals surface area contributed by atoms with Crippen molar-refractivity contribution in [3.63, 3.8) is 0 Å². The van der Waals surface area contributed by atoms with E-state index in [0.717, 1.165) is 11.1 Å². The van der Waals surface area contributed by atoms with Crippen LogP contribution in [-0.2, 0) is 6.54 Å². The predicted molar refractivity (Wildman–Crippen MR) is 80.8 cm³/mol. The third-order valence-corrected chi connectivity index (χ3v) is 4.52. The van der Waals surface area contributed by atoms with E-state index >= 15 is 0 Å². The number of hydrogen-bond donors (Lipinski definition) is 1. The van der Waals surface area contributed by atoms with E-state index in [2.05, 4.69) is 0 Å². The summed E-state index contributed by atoms with van der Waals surface area (Å²) < 4.78 is 14.0. The summed E-state index contributed by atoms with van der Waals surface area (Å²) in [5, 5.41) is 1.04. The lowest BCUT2D eigenvalue weighted by Crippen LogP contribution is -2.28. The first-order valence-electron chi connectivity index (χ1n) is 6.31. The lowest BCUT2D eigenvalue weighted by molar-refractivity contribution is 0.600. The first-order valence-corrected chi connectivity index (χ1v) is 7.07. The summed E-state index contributed by atoms with van der Waals surface area (Å²) in [6.45, 7) is 0.900. The van der Waals surface area contributed by atoms with E-state index in [0.29, 0.717) is 28.8 Å². The summed E-state index contributed by atoms with van der Waals surface area (Å²) >= 11 is 12.3. The third kappa shape index (κ3) is 2.06. The topological polar surface area (TPSA) is 29.3 Å². The second-order valence-corrected chi connectivity index (χ2v) is 5.55. The number of para-hydroxylation sites is 1. The Labute approximate surface area is 126 Å². The van der Waals surface area contributed by atoms with E-state index in [1.165, 1.54) is 6.07 Å². The molecule has 0 aliphatic carbocycles. The molecule has 0 saturated carbocycles. The van der Waals surface area contributed by atoms with Crippen LogP contribution in [0.15, 0.2) is 36.4 Å². The molecule has 104 valence electrons. The molecule has 0 spiro atoms. The molecular weight excluding hydrogens is 298 g/mol. The number of rotatable bonds is 2. The lowest BCUT2D eigenvalue weighted by Gasteiger charge is -2.26. The molecule has 1 unspecified atom stereocenters. The molecule has 0 aromatic heterocycles. The summed E-state index contributed by atoms with van der Waals surface area (Å²) in [5.41, 5.74) is 8.36. The average molecular weight is 311 g/mol. The van der Waals surface area contributed by atoms with Crippen molar-refractivity contribution in [1.82, 2.24) is 0 Å². The van der Waals surface area contributed by atoms with Gasteiger partial charge in [0.25, 0.3) is 0 Å². The first kappa shape index (κ1) is 13.7. The van der Waals surface area contributed by atoms with Gasteiger partial charge in [-0.15, -0.1) is 0 Å². The van der Waals surface area contributed by atoms with Crippen molar-refractivity contribution in [2.75, 3.05) is 11.4 Å². The molecule has 2 N–H and O–H groups in total. The summed E-state index contributed by atoms with van der Waals surface area (Å²) in [7, 11) is 0. The van der Waals surface area contributed by atoms with Crippen LogP contribution in [0.2, 0.25) is 10.0 Å². The molecule has 2 aromatic rings. The zero-order valence-corrected chi connectivity index (χ0v) is 12.1. The number of nitrogens with two attached hydrogens (primary N) is 1. The Morgan fingerprint density at radius 1 is 1.20 bits per heavy atom. The second kappa shape index (κ2) is 5.24. The SMILES string of the molecule is NCC1c2ccc(Cl)c(Cl)c2CN1c1ccccc1F. The number of hydrogen-bond acceptors (Lipinski definition) is 2. The van der Waals surface area contributed by atoms with Gasteiger partial charge in [-0.2, -0.15) is 0 Å². The fourth-order valence-corrected chi connectivity index (χ4v) is 3.13. The number of benzene rings is 2. The molecule has 1 heterocycles. The van der Waals surface area contributed by atoms with Gasteiger partial charge in [-0.05, 0) is 29.3 Å². The van der Waals surface area contributed by atoms with Gasteiger partial charge in [0.05, 0.1) is 21.8 Å². The maximum Gasteiger partial charge on any atom is 0.146 e. The first-order chi connectivity index (χ1) is 9.63. The van der Waals surface area contributed by atoms with Crippen molar-refractivity contribution in [3.05, 3.63) is 63.4 Å². The van der Waals surface area contributed by atoms with Crippen LogP contribution in [0, 0.1) is 5.82 Å². The van der Waals surface area contributed by atoms with Gasteiger partial charge >= 0.3 is 0 Å². The van der Waals surface area contributed by atoms with Crippen LogP contribution in [0.25, 0.3) is 0 Å². The minimum Gasteiger partial charge on any atom is -0.356 e. The zero-order chi connectivity index (χ0) is 14.3. The Bertz CT molecular complexity index is 660. The summed E-state index contributed by atoms with van der Waals surface area (Å²) in [6, 6.07) is 10.3. The van der Waals surface area contributed by atoms with Crippen molar-refractivity contribution in [3.8, 4) is 0 Å². The van der Waals surface area contributed by atoms with Crippen LogP contribution in [0.5, 0.6) is 0 Å². The Morgan fingerprint density at radius 2 is 1.95 bits per heavy atom. The van der Waals surface area contributed by atoms with Crippen molar-refractivity contribution >= 4 is 28.9 Å². The number of fused-ring (bicyclic) bond motifs is 1. The molecule has 0 radical (unpaired) electrons. The van der Waals surface area contributed by atoms with E-state index in [1.807, 2.05) is 17.0 Å². The van der Waals surface area contributed by atoms with Gasteiger partial charge in [0.1, 0.15) is 5.82 Å². The largest absolute Gasteiger partial charge is 0.356 e. The van der Waals surface area contributed by atoms with Crippen LogP contribution >= 0.6 is 23.2 Å². The van der Waals surface area contributed by atoms with Crippen molar-refractivity contribution in [2.24, 2.45) is 5.73 Å². The molecule has 0 saturated heterocycles. The molecule has 20 heavy (non-hydrogen) atoms. The molecule has 1 aliphatic heterocycles. The fraction of sp³-hybridized carbons (Fsp3) is 0.200. The van der Waals surface area contributed by atoms with Crippen LogP contribution in [0.4, 0.5) is 10.1 Å². The second-order valence-electron chi connectivity index (χ2n) is 4.76. The molecular formula is C15H13Cl2FN2. The van der Waals surface area contributed by atoms with Crippen LogP contribution in [0.3, 0.4) is 0 Å². The Morgan fingerprint density at radius 3 is 2.65 bits per heavy atom. The molecule has 3 rings (SSSR count). The third-order valence-electron chi connectivity index (χ3n) is 3.68. The quantitative estimate of drug-likeness (QED) is 0.902. The smallest absolute Gasteiger partial charge is 0.146 e. The van der Waals surface area contributed by atoms with Gasteiger partial charge in [-0.1, -0.05) is 41.4 Å². The molecule has 5 heteroatoms. The van der Waals surface area contributed by atoms with E-state index in [9.17, 15) is 4.39 Å². The molecule has 1 atom stereocenters. The highest BCUT2D eigenvalue weighted by atomic mass is 35.5. The van der Waals surface area contributed by atoms with Gasteiger partial charge in [0.2, 0.25) is 0 Å². The average Bonchev–Trinajstić information content (AvgIpc) is 2.82. The van der Waals surface area contributed by atoms with Gasteiger partial charge < -0.3 is 10.6 Å². The fourth-order valence-electron chi connectivity index (χ4n) is 2.72. The van der Waals surface area contributed by atoms with E-state index in [4.69, 9.17) is 28.9 Å². The Kier molecular flexibility index (Phi) is 3.59. The maximum atomic E-state index is 14.0. The minimum atomic E-state index is -0.263. The van der Waals surface area contributed by atoms with Gasteiger partial charge in [-0.25, -0.2) is 4.39 Å². The highest BCUT2D eigenvalue weighted by Gasteiger charge is 2.32. The van der Waals surface area contributed by atoms with Gasteiger partial charge in [-0.3, -0.25) is 0 Å². The van der Waals surface area contributed by atoms with Crippen LogP contribution in [0.1, 0.15) is 17.2 Å². The lowest BCUT2D eigenvalue weighted by atomic mass is 10.0. The molecule has 2 nitrogen and oxygen atoms in total. The van der Waals surface area contributed by atoms with Crippen molar-refractivity contribution in [1.29, 1.82) is 0 Å². The maximum absolute atomic E-state index is 14.0. The number of halogens is 3. The predicted octanol–water partition coefficient (Wildman–Crippen LogP) is 4.15. The standard InChI is InChI=1S/C15H13Cl2FN2/c16-11-6-5-9-10(15(11)17)8-20(14(9)7-19)13-4-2-1-3-12(13)18/h1-6,14H,7-8,19H2. The summed E-state index contributed by atoms with van der Waals surface area (Å²) in [6.07, 6.45) is 0. The monoisotopic (exact) mass is 310 g/mol. The van der Waals surface area contributed by atoms with Gasteiger partial charge in [0.15, 0.2) is 0 Å². The summed E-state index contributed by atoms with van der Waals surface area (Å²) in [5.74, 6) is -0.263. The Hall–Kier alpha value is -1.29. The zero-order valence-electron chi connectivity index (χ0n) is 10.6. The molecule has 1 aliphatic rings.